The summed E-state index contributed by atoms with van der Waals surface area (Å²) in [6, 6.07) is -0.344. The molecule has 1 aliphatic heterocycles. The first-order chi connectivity index (χ1) is 6.65. The van der Waals surface area contributed by atoms with Crippen molar-refractivity contribution in [2.24, 2.45) is 0 Å². The van der Waals surface area contributed by atoms with Crippen molar-refractivity contribution in [2.75, 3.05) is 26.7 Å². The zero-order chi connectivity index (χ0) is 10.6. The van der Waals surface area contributed by atoms with E-state index in [9.17, 15) is 9.59 Å². The number of carbonyl (C=O) groups excluding carboxylic acids is 2. The fourth-order valence-electron chi connectivity index (χ4n) is 1.48. The summed E-state index contributed by atoms with van der Waals surface area (Å²) in [4.78, 5) is 24.3. The maximum Gasteiger partial charge on any atom is 0.322 e. The highest BCUT2D eigenvalue weighted by molar-refractivity contribution is 5.80. The van der Waals surface area contributed by atoms with E-state index in [0.717, 1.165) is 13.0 Å². The number of esters is 1. The Morgan fingerprint density at radius 2 is 2.36 bits per heavy atom. The van der Waals surface area contributed by atoms with Crippen LogP contribution in [0.4, 0.5) is 0 Å². The second kappa shape index (κ2) is 4.95. The van der Waals surface area contributed by atoms with Crippen LogP contribution in [0, 0.1) is 0 Å². The van der Waals surface area contributed by atoms with Crippen LogP contribution in [-0.4, -0.2) is 49.6 Å². The van der Waals surface area contributed by atoms with Crippen LogP contribution in [0.2, 0.25) is 0 Å². The molecule has 0 aliphatic carbocycles. The van der Waals surface area contributed by atoms with Crippen LogP contribution < -0.4 is 5.32 Å². The van der Waals surface area contributed by atoms with Crippen molar-refractivity contribution in [3.8, 4) is 0 Å². The molecule has 0 saturated carbocycles. The lowest BCUT2D eigenvalue weighted by Gasteiger charge is -2.23. The molecular formula is C9H16N2O3. The number of nitrogens with zero attached hydrogens (tertiary/aromatic N) is 1. The van der Waals surface area contributed by atoms with Crippen molar-refractivity contribution < 1.29 is 14.3 Å². The topological polar surface area (TPSA) is 58.6 Å². The van der Waals surface area contributed by atoms with Crippen LogP contribution in [0.25, 0.3) is 0 Å². The SMILES string of the molecule is COC(=O)C(C)N1CCCNC(=O)C1. The van der Waals surface area contributed by atoms with Crippen molar-refractivity contribution in [3.05, 3.63) is 0 Å². The number of hydrogen-bond donors (Lipinski definition) is 1. The highest BCUT2D eigenvalue weighted by atomic mass is 16.5. The zero-order valence-corrected chi connectivity index (χ0v) is 8.58. The van der Waals surface area contributed by atoms with Gasteiger partial charge >= 0.3 is 5.97 Å². The van der Waals surface area contributed by atoms with Gasteiger partial charge < -0.3 is 10.1 Å². The molecule has 5 heteroatoms. The van der Waals surface area contributed by atoms with Gasteiger partial charge in [-0.3, -0.25) is 14.5 Å². The number of ether oxygens (including phenoxy) is 1. The molecule has 1 rings (SSSR count). The van der Waals surface area contributed by atoms with E-state index in [-0.39, 0.29) is 24.5 Å². The molecule has 5 nitrogen and oxygen atoms in total. The fraction of sp³-hybridized carbons (Fsp3) is 0.778. The molecule has 1 heterocycles. The van der Waals surface area contributed by atoms with Gasteiger partial charge in [-0.05, 0) is 13.3 Å². The normalized spacial score (nSPS) is 20.9. The summed E-state index contributed by atoms with van der Waals surface area (Å²) in [7, 11) is 1.36. The predicted molar refractivity (Wildman–Crippen MR) is 50.7 cm³/mol. The smallest absolute Gasteiger partial charge is 0.322 e. The molecule has 0 bridgehead atoms. The number of amides is 1. The fourth-order valence-corrected chi connectivity index (χ4v) is 1.48. The number of methoxy groups -OCH3 is 1. The van der Waals surface area contributed by atoms with E-state index in [4.69, 9.17) is 0 Å². The van der Waals surface area contributed by atoms with Crippen LogP contribution in [0.1, 0.15) is 13.3 Å². The molecule has 1 amide bonds. The molecule has 0 spiro atoms. The van der Waals surface area contributed by atoms with E-state index in [1.54, 1.807) is 6.92 Å². The highest BCUT2D eigenvalue weighted by Gasteiger charge is 2.25. The predicted octanol–water partition coefficient (Wildman–Crippen LogP) is -0.630. The Balaban J connectivity index is 2.56. The number of carbonyl (C=O) groups is 2. The summed E-state index contributed by atoms with van der Waals surface area (Å²) >= 11 is 0. The third kappa shape index (κ3) is 2.70. The molecule has 1 aliphatic rings. The molecule has 0 aromatic heterocycles. The second-order valence-electron chi connectivity index (χ2n) is 3.37. The number of hydrogen-bond acceptors (Lipinski definition) is 4. The Hall–Kier alpha value is -1.10. The Bertz CT molecular complexity index is 230. The molecule has 0 aromatic carbocycles. The second-order valence-corrected chi connectivity index (χ2v) is 3.37. The van der Waals surface area contributed by atoms with Crippen molar-refractivity contribution in [2.45, 2.75) is 19.4 Å². The van der Waals surface area contributed by atoms with Crippen molar-refractivity contribution >= 4 is 11.9 Å². The largest absolute Gasteiger partial charge is 0.468 e. The van der Waals surface area contributed by atoms with Gasteiger partial charge in [0.05, 0.1) is 13.7 Å². The minimum Gasteiger partial charge on any atom is -0.468 e. The van der Waals surface area contributed by atoms with Crippen molar-refractivity contribution in [1.82, 2.24) is 10.2 Å². The van der Waals surface area contributed by atoms with Crippen LogP contribution in [0.3, 0.4) is 0 Å². The van der Waals surface area contributed by atoms with Crippen LogP contribution in [0.5, 0.6) is 0 Å². The lowest BCUT2D eigenvalue weighted by Crippen LogP contribution is -2.43. The summed E-state index contributed by atoms with van der Waals surface area (Å²) < 4.78 is 4.63. The van der Waals surface area contributed by atoms with Gasteiger partial charge in [-0.25, -0.2) is 0 Å². The van der Waals surface area contributed by atoms with Gasteiger partial charge in [0.25, 0.3) is 0 Å². The average molecular weight is 200 g/mol. The first kappa shape index (κ1) is 11.0. The van der Waals surface area contributed by atoms with E-state index in [2.05, 4.69) is 10.1 Å². The molecular weight excluding hydrogens is 184 g/mol. The van der Waals surface area contributed by atoms with Gasteiger partial charge in [-0.1, -0.05) is 0 Å². The molecule has 14 heavy (non-hydrogen) atoms. The molecule has 0 aromatic rings. The monoisotopic (exact) mass is 200 g/mol. The number of rotatable bonds is 2. The first-order valence-corrected chi connectivity index (χ1v) is 4.73. The summed E-state index contributed by atoms with van der Waals surface area (Å²) in [5.74, 6) is -0.321. The van der Waals surface area contributed by atoms with Gasteiger partial charge in [0.1, 0.15) is 6.04 Å². The molecule has 1 atom stereocenters. The van der Waals surface area contributed by atoms with Crippen LogP contribution in [0.15, 0.2) is 0 Å². The van der Waals surface area contributed by atoms with Gasteiger partial charge in [-0.15, -0.1) is 0 Å². The van der Waals surface area contributed by atoms with Gasteiger partial charge in [0.2, 0.25) is 5.91 Å². The summed E-state index contributed by atoms with van der Waals surface area (Å²) in [6.07, 6.45) is 0.868. The van der Waals surface area contributed by atoms with Gasteiger partial charge in [0.15, 0.2) is 0 Å². The Labute approximate surface area is 83.4 Å². The molecule has 1 unspecified atom stereocenters. The average Bonchev–Trinajstić information content (AvgIpc) is 2.40. The van der Waals surface area contributed by atoms with Gasteiger partial charge in [-0.2, -0.15) is 0 Å². The van der Waals surface area contributed by atoms with E-state index < -0.39 is 0 Å². The first-order valence-electron chi connectivity index (χ1n) is 4.73. The molecule has 1 fully saturated rings. The summed E-state index contributed by atoms with van der Waals surface area (Å²) in [5.41, 5.74) is 0. The lowest BCUT2D eigenvalue weighted by atomic mass is 10.2. The quantitative estimate of drug-likeness (QED) is 0.603. The van der Waals surface area contributed by atoms with E-state index >= 15 is 0 Å². The van der Waals surface area contributed by atoms with Gasteiger partial charge in [0, 0.05) is 13.1 Å². The van der Waals surface area contributed by atoms with Crippen molar-refractivity contribution in [1.29, 1.82) is 0 Å². The standard InChI is InChI=1S/C9H16N2O3/c1-7(9(13)14-2)11-5-3-4-10-8(12)6-11/h7H,3-6H2,1-2H3,(H,10,12). The molecule has 1 N–H and O–H groups in total. The number of nitrogens with one attached hydrogen (secondary N) is 1. The Kier molecular flexibility index (Phi) is 3.88. The van der Waals surface area contributed by atoms with Crippen LogP contribution >= 0.6 is 0 Å². The minimum absolute atomic E-state index is 0.0294. The minimum atomic E-state index is -0.344. The highest BCUT2D eigenvalue weighted by Crippen LogP contribution is 2.04. The van der Waals surface area contributed by atoms with E-state index in [0.29, 0.717) is 6.54 Å². The third-order valence-corrected chi connectivity index (χ3v) is 2.38. The Morgan fingerprint density at radius 1 is 1.64 bits per heavy atom. The molecule has 1 saturated heterocycles. The maximum atomic E-state index is 11.2. The summed E-state index contributed by atoms with van der Waals surface area (Å²) in [6.45, 7) is 3.46. The van der Waals surface area contributed by atoms with E-state index in [1.807, 2.05) is 4.90 Å². The maximum absolute atomic E-state index is 11.2. The zero-order valence-electron chi connectivity index (χ0n) is 8.58. The summed E-state index contributed by atoms with van der Waals surface area (Å²) in [5, 5.41) is 2.75. The Morgan fingerprint density at radius 3 is 3.00 bits per heavy atom. The lowest BCUT2D eigenvalue weighted by molar-refractivity contribution is -0.146. The van der Waals surface area contributed by atoms with E-state index in [1.165, 1.54) is 7.11 Å². The van der Waals surface area contributed by atoms with Crippen LogP contribution in [-0.2, 0) is 14.3 Å². The van der Waals surface area contributed by atoms with Crippen molar-refractivity contribution in [3.63, 3.8) is 0 Å². The third-order valence-electron chi connectivity index (χ3n) is 2.38. The molecule has 80 valence electrons. The molecule has 0 radical (unpaired) electrons.